The third-order valence-electron chi connectivity index (χ3n) is 3.68. The number of fused-ring (bicyclic) bond motifs is 1. The smallest absolute Gasteiger partial charge is 0.265 e. The third kappa shape index (κ3) is 2.56. The summed E-state index contributed by atoms with van der Waals surface area (Å²) in [5, 5.41) is 8.45. The number of rotatable bonds is 4. The van der Waals surface area contributed by atoms with Crippen LogP contribution in [-0.4, -0.2) is 32.8 Å². The Morgan fingerprint density at radius 2 is 2.00 bits per heavy atom. The van der Waals surface area contributed by atoms with Crippen molar-refractivity contribution in [3.8, 4) is 0 Å². The number of sulfonamides is 1. The molecule has 0 atom stereocenters. The molecule has 0 aliphatic heterocycles. The number of hydrogen-bond acceptors (Lipinski definition) is 5. The Bertz CT molecular complexity index is 986. The lowest BCUT2D eigenvalue weighted by molar-refractivity contribution is 0.599. The molecule has 0 saturated carbocycles. The molecule has 0 spiro atoms. The summed E-state index contributed by atoms with van der Waals surface area (Å²) < 4.78 is 31.2. The van der Waals surface area contributed by atoms with Crippen LogP contribution in [0.15, 0.2) is 23.2 Å². The predicted octanol–water partition coefficient (Wildman–Crippen LogP) is 1.44. The monoisotopic (exact) mass is 334 g/mol. The van der Waals surface area contributed by atoms with E-state index in [4.69, 9.17) is 0 Å². The van der Waals surface area contributed by atoms with Gasteiger partial charge in [-0.25, -0.2) is 17.9 Å². The van der Waals surface area contributed by atoms with Crippen molar-refractivity contribution in [2.45, 2.75) is 32.1 Å². The minimum Gasteiger partial charge on any atom is -0.276 e. The molecule has 0 bridgehead atoms. The van der Waals surface area contributed by atoms with E-state index in [9.17, 15) is 8.42 Å². The van der Waals surface area contributed by atoms with Crippen molar-refractivity contribution in [3.05, 3.63) is 35.5 Å². The molecule has 0 amide bonds. The number of pyridine rings is 1. The molecule has 0 aliphatic carbocycles. The van der Waals surface area contributed by atoms with Crippen molar-refractivity contribution in [2.24, 2.45) is 7.05 Å². The van der Waals surface area contributed by atoms with Crippen molar-refractivity contribution < 1.29 is 8.42 Å². The van der Waals surface area contributed by atoms with Gasteiger partial charge in [-0.3, -0.25) is 9.40 Å². The molecule has 9 heteroatoms. The first-order valence-electron chi connectivity index (χ1n) is 7.20. The van der Waals surface area contributed by atoms with Crippen LogP contribution in [0.3, 0.4) is 0 Å². The average Bonchev–Trinajstić information content (AvgIpc) is 3.01. The lowest BCUT2D eigenvalue weighted by Gasteiger charge is -2.09. The van der Waals surface area contributed by atoms with E-state index < -0.39 is 10.0 Å². The van der Waals surface area contributed by atoms with Crippen LogP contribution in [0.1, 0.15) is 24.1 Å². The summed E-state index contributed by atoms with van der Waals surface area (Å²) in [6.45, 7) is 5.34. The summed E-state index contributed by atoms with van der Waals surface area (Å²) in [7, 11) is -2.04. The fraction of sp³-hybridized carbons (Fsp3) is 0.357. The second-order valence-corrected chi connectivity index (χ2v) is 6.92. The van der Waals surface area contributed by atoms with Gasteiger partial charge in [-0.1, -0.05) is 6.92 Å². The van der Waals surface area contributed by atoms with Crippen molar-refractivity contribution >= 4 is 21.4 Å². The van der Waals surface area contributed by atoms with E-state index in [1.54, 1.807) is 48.4 Å². The van der Waals surface area contributed by atoms with Crippen LogP contribution in [0.4, 0.5) is 5.69 Å². The maximum atomic E-state index is 12.8. The van der Waals surface area contributed by atoms with Crippen LogP contribution in [0.25, 0.3) is 5.65 Å². The number of aryl methyl sites for hydroxylation is 3. The van der Waals surface area contributed by atoms with E-state index in [1.807, 2.05) is 6.92 Å². The number of hydrogen-bond donors (Lipinski definition) is 1. The van der Waals surface area contributed by atoms with Crippen LogP contribution in [0.5, 0.6) is 0 Å². The first-order chi connectivity index (χ1) is 10.8. The highest BCUT2D eigenvalue weighted by atomic mass is 32.2. The van der Waals surface area contributed by atoms with Gasteiger partial charge in [0.2, 0.25) is 0 Å². The molecule has 1 N–H and O–H groups in total. The Balaban J connectivity index is 2.09. The zero-order chi connectivity index (χ0) is 16.8. The predicted molar refractivity (Wildman–Crippen MR) is 85.9 cm³/mol. The topological polar surface area (TPSA) is 94.2 Å². The van der Waals surface area contributed by atoms with Crippen molar-refractivity contribution in [2.75, 3.05) is 4.72 Å². The molecule has 8 nitrogen and oxygen atoms in total. The molecule has 0 aliphatic rings. The van der Waals surface area contributed by atoms with Gasteiger partial charge in [0.25, 0.3) is 10.0 Å². The van der Waals surface area contributed by atoms with Gasteiger partial charge in [-0.15, -0.1) is 0 Å². The SMILES string of the molecule is CCc1nc2c(NS(=O)(=O)c3c(C)nn(C)c3C)cccn2n1. The number of nitrogens with one attached hydrogen (secondary N) is 1. The van der Waals surface area contributed by atoms with Gasteiger partial charge in [-0.2, -0.15) is 10.2 Å². The zero-order valence-electron chi connectivity index (χ0n) is 13.4. The van der Waals surface area contributed by atoms with Gasteiger partial charge in [0.15, 0.2) is 11.5 Å². The van der Waals surface area contributed by atoms with E-state index in [2.05, 4.69) is 19.9 Å². The molecule has 3 rings (SSSR count). The molecule has 0 aromatic carbocycles. The normalized spacial score (nSPS) is 12.0. The van der Waals surface area contributed by atoms with Crippen LogP contribution >= 0.6 is 0 Å². The van der Waals surface area contributed by atoms with Crippen molar-refractivity contribution in [1.29, 1.82) is 0 Å². The number of aromatic nitrogens is 5. The zero-order valence-corrected chi connectivity index (χ0v) is 14.2. The Hall–Kier alpha value is -2.42. The van der Waals surface area contributed by atoms with Crippen LogP contribution < -0.4 is 4.72 Å². The summed E-state index contributed by atoms with van der Waals surface area (Å²) in [6.07, 6.45) is 2.41. The molecule has 0 radical (unpaired) electrons. The molecular weight excluding hydrogens is 316 g/mol. The first kappa shape index (κ1) is 15.5. The van der Waals surface area contributed by atoms with E-state index in [1.165, 1.54) is 0 Å². The van der Waals surface area contributed by atoms with Crippen molar-refractivity contribution in [1.82, 2.24) is 24.4 Å². The van der Waals surface area contributed by atoms with Gasteiger partial charge in [0, 0.05) is 19.7 Å². The summed E-state index contributed by atoms with van der Waals surface area (Å²) in [6, 6.07) is 3.39. The maximum Gasteiger partial charge on any atom is 0.265 e. The van der Waals surface area contributed by atoms with E-state index in [0.717, 1.165) is 0 Å². The largest absolute Gasteiger partial charge is 0.276 e. The molecule has 122 valence electrons. The summed E-state index contributed by atoms with van der Waals surface area (Å²) in [5.41, 5.74) is 1.91. The molecule has 0 fully saturated rings. The fourth-order valence-corrected chi connectivity index (χ4v) is 4.02. The van der Waals surface area contributed by atoms with E-state index >= 15 is 0 Å². The Morgan fingerprint density at radius 3 is 2.61 bits per heavy atom. The number of nitrogens with zero attached hydrogens (tertiary/aromatic N) is 5. The lowest BCUT2D eigenvalue weighted by atomic mass is 10.4. The summed E-state index contributed by atoms with van der Waals surface area (Å²) >= 11 is 0. The molecule has 3 heterocycles. The van der Waals surface area contributed by atoms with Gasteiger partial charge in [0.1, 0.15) is 4.90 Å². The van der Waals surface area contributed by atoms with Crippen molar-refractivity contribution in [3.63, 3.8) is 0 Å². The quantitative estimate of drug-likeness (QED) is 0.779. The summed E-state index contributed by atoms with van der Waals surface area (Å²) in [4.78, 5) is 4.56. The van der Waals surface area contributed by atoms with Gasteiger partial charge in [-0.05, 0) is 26.0 Å². The second-order valence-electron chi connectivity index (χ2n) is 5.30. The lowest BCUT2D eigenvalue weighted by Crippen LogP contribution is -2.15. The Labute approximate surface area is 134 Å². The Kier molecular flexibility index (Phi) is 3.59. The minimum atomic E-state index is -3.76. The van der Waals surface area contributed by atoms with Crippen LogP contribution in [-0.2, 0) is 23.5 Å². The number of anilines is 1. The van der Waals surface area contributed by atoms with Crippen LogP contribution in [0.2, 0.25) is 0 Å². The highest BCUT2D eigenvalue weighted by Gasteiger charge is 2.25. The van der Waals surface area contributed by atoms with Gasteiger partial charge in [0.05, 0.1) is 17.1 Å². The highest BCUT2D eigenvalue weighted by molar-refractivity contribution is 7.92. The minimum absolute atomic E-state index is 0.192. The highest BCUT2D eigenvalue weighted by Crippen LogP contribution is 2.24. The van der Waals surface area contributed by atoms with Gasteiger partial charge >= 0.3 is 0 Å². The summed E-state index contributed by atoms with van der Waals surface area (Å²) in [5.74, 6) is 0.658. The molecule has 3 aromatic rings. The third-order valence-corrected chi connectivity index (χ3v) is 5.30. The van der Waals surface area contributed by atoms with E-state index in [-0.39, 0.29) is 4.90 Å². The fourth-order valence-electron chi connectivity index (χ4n) is 2.52. The molecule has 0 unspecified atom stereocenters. The first-order valence-corrected chi connectivity index (χ1v) is 8.69. The Morgan fingerprint density at radius 1 is 1.26 bits per heavy atom. The average molecular weight is 334 g/mol. The molecular formula is C14H18N6O2S. The molecule has 23 heavy (non-hydrogen) atoms. The van der Waals surface area contributed by atoms with Gasteiger partial charge < -0.3 is 0 Å². The van der Waals surface area contributed by atoms with Crippen LogP contribution in [0, 0.1) is 13.8 Å². The molecule has 3 aromatic heterocycles. The molecule has 0 saturated heterocycles. The second kappa shape index (κ2) is 5.34. The van der Waals surface area contributed by atoms with E-state index in [0.29, 0.717) is 35.0 Å². The maximum absolute atomic E-state index is 12.8. The standard InChI is InChI=1S/C14H18N6O2S/c1-5-12-15-14-11(7-6-8-20(14)17-12)18-23(21,22)13-9(2)16-19(4)10(13)3/h6-8,18H,5H2,1-4H3.